The van der Waals surface area contributed by atoms with Crippen molar-refractivity contribution in [3.63, 3.8) is 0 Å². The smallest absolute Gasteiger partial charge is 0.260 e. The summed E-state index contributed by atoms with van der Waals surface area (Å²) in [6.07, 6.45) is 1.80. The molecule has 7 heteroatoms. The largest absolute Gasteiger partial charge is 0.458 e. The van der Waals surface area contributed by atoms with Gasteiger partial charge in [-0.1, -0.05) is 45.0 Å². The van der Waals surface area contributed by atoms with Gasteiger partial charge in [0.05, 0.1) is 10.2 Å². The minimum absolute atomic E-state index is 0.00234. The molecule has 0 aliphatic carbocycles. The van der Waals surface area contributed by atoms with Gasteiger partial charge in [0.2, 0.25) is 5.88 Å². The number of nitrogens with zero attached hydrogens (tertiary/aromatic N) is 2. The minimum atomic E-state index is -0.0829. The zero-order valence-corrected chi connectivity index (χ0v) is 23.7. The molecule has 0 fully saturated rings. The lowest BCUT2D eigenvalue weighted by atomic mass is 9.34. The van der Waals surface area contributed by atoms with Crippen LogP contribution in [0.5, 0.6) is 34.6 Å². The molecule has 5 nitrogen and oxygen atoms in total. The molecule has 0 amide bonds. The fourth-order valence-electron chi connectivity index (χ4n) is 5.66. The number of hydrogen-bond donors (Lipinski definition) is 0. The number of fused-ring (bicyclic) bond motifs is 5. The topological polar surface area (TPSA) is 53.5 Å². The van der Waals surface area contributed by atoms with Crippen LogP contribution in [0.4, 0.5) is 0 Å². The zero-order valence-electron chi connectivity index (χ0n) is 22.8. The van der Waals surface area contributed by atoms with Crippen LogP contribution in [-0.4, -0.2) is 16.7 Å². The van der Waals surface area contributed by atoms with E-state index in [0.29, 0.717) is 11.6 Å². The van der Waals surface area contributed by atoms with Gasteiger partial charge < -0.3 is 14.2 Å². The Morgan fingerprint density at radius 1 is 0.756 bits per heavy atom. The van der Waals surface area contributed by atoms with Crippen molar-refractivity contribution in [2.24, 2.45) is 0 Å². The molecule has 8 rings (SSSR count). The van der Waals surface area contributed by atoms with Crippen LogP contribution in [0.1, 0.15) is 26.3 Å². The van der Waals surface area contributed by atoms with Gasteiger partial charge in [-0.15, -0.1) is 11.3 Å². The van der Waals surface area contributed by atoms with Gasteiger partial charge in [0.25, 0.3) is 6.71 Å². The van der Waals surface area contributed by atoms with Gasteiger partial charge >= 0.3 is 0 Å². The first-order valence-electron chi connectivity index (χ1n) is 13.7. The number of para-hydroxylation sites is 1. The van der Waals surface area contributed by atoms with Gasteiger partial charge in [-0.2, -0.15) is 0 Å². The molecule has 2 aromatic heterocycles. The Labute approximate surface area is 242 Å². The standard InChI is InChI=1S/C34H25BN2O3S/c1-34(2,3)21-15-16-36-31(18-21)38-22-12-14-27-24(19-22)35-23-17-20(33-37-25-7-4-5-10-30(25)41-33)11-13-26(23)39-28-8-6-9-29(40-27)32(28)35/h4-19H,1-3H3. The lowest BCUT2D eigenvalue weighted by Gasteiger charge is -2.33. The summed E-state index contributed by atoms with van der Waals surface area (Å²) in [5, 5.41) is 0.988. The quantitative estimate of drug-likeness (QED) is 0.218. The van der Waals surface area contributed by atoms with Gasteiger partial charge in [-0.25, -0.2) is 9.97 Å². The van der Waals surface area contributed by atoms with Crippen LogP contribution in [0.3, 0.4) is 0 Å². The lowest BCUT2D eigenvalue weighted by Crippen LogP contribution is -2.57. The summed E-state index contributed by atoms with van der Waals surface area (Å²) in [6, 6.07) is 30.7. The molecule has 2 aliphatic heterocycles. The highest BCUT2D eigenvalue weighted by Gasteiger charge is 2.40. The van der Waals surface area contributed by atoms with Crippen LogP contribution in [0.25, 0.3) is 20.8 Å². The zero-order chi connectivity index (χ0) is 27.7. The molecule has 2 aliphatic rings. The number of ether oxygens (including phenoxy) is 3. The van der Waals surface area contributed by atoms with Crippen LogP contribution in [0.15, 0.2) is 97.2 Å². The van der Waals surface area contributed by atoms with Crippen LogP contribution in [0, 0.1) is 0 Å². The number of rotatable bonds is 3. The van der Waals surface area contributed by atoms with E-state index in [-0.39, 0.29) is 12.1 Å². The molecule has 198 valence electrons. The fourth-order valence-corrected chi connectivity index (χ4v) is 6.62. The molecule has 0 bridgehead atoms. The third-order valence-electron chi connectivity index (χ3n) is 7.73. The molecule has 0 atom stereocenters. The third-order valence-corrected chi connectivity index (χ3v) is 8.82. The Hall–Kier alpha value is -4.62. The lowest BCUT2D eigenvalue weighted by molar-refractivity contribution is 0.452. The first-order chi connectivity index (χ1) is 19.9. The van der Waals surface area contributed by atoms with Gasteiger partial charge in [0.1, 0.15) is 33.8 Å². The average molecular weight is 552 g/mol. The van der Waals surface area contributed by atoms with E-state index in [1.54, 1.807) is 17.5 Å². The van der Waals surface area contributed by atoms with Crippen molar-refractivity contribution < 1.29 is 14.2 Å². The van der Waals surface area contributed by atoms with Crippen molar-refractivity contribution >= 4 is 44.7 Å². The summed E-state index contributed by atoms with van der Waals surface area (Å²) in [4.78, 5) is 9.39. The van der Waals surface area contributed by atoms with Crippen LogP contribution in [0.2, 0.25) is 0 Å². The molecule has 6 aromatic rings. The van der Waals surface area contributed by atoms with E-state index < -0.39 is 0 Å². The van der Waals surface area contributed by atoms with E-state index in [2.05, 4.69) is 68.2 Å². The molecule has 4 heterocycles. The van der Waals surface area contributed by atoms with E-state index >= 15 is 0 Å². The maximum Gasteiger partial charge on any atom is 0.260 e. The van der Waals surface area contributed by atoms with Crippen molar-refractivity contribution in [3.8, 4) is 45.2 Å². The molecular weight excluding hydrogens is 527 g/mol. The van der Waals surface area contributed by atoms with Gasteiger partial charge in [-0.3, -0.25) is 0 Å². The van der Waals surface area contributed by atoms with Crippen molar-refractivity contribution in [1.29, 1.82) is 0 Å². The normalized spacial score (nSPS) is 13.1. The van der Waals surface area contributed by atoms with Crippen molar-refractivity contribution in [2.75, 3.05) is 0 Å². The Kier molecular flexibility index (Phi) is 5.28. The molecule has 4 aromatic carbocycles. The second kappa shape index (κ2) is 8.95. The van der Waals surface area contributed by atoms with E-state index in [1.165, 1.54) is 10.3 Å². The number of aromatic nitrogens is 2. The van der Waals surface area contributed by atoms with E-state index in [4.69, 9.17) is 19.2 Å². The van der Waals surface area contributed by atoms with Crippen molar-refractivity contribution in [1.82, 2.24) is 9.97 Å². The van der Waals surface area contributed by atoms with Crippen LogP contribution in [-0.2, 0) is 5.41 Å². The van der Waals surface area contributed by atoms with Crippen molar-refractivity contribution in [3.05, 3.63) is 103 Å². The maximum absolute atomic E-state index is 6.42. The molecular formula is C34H25BN2O3S. The molecule has 0 saturated carbocycles. The average Bonchev–Trinajstić information content (AvgIpc) is 3.41. The second-order valence-corrected chi connectivity index (χ2v) is 12.5. The third kappa shape index (κ3) is 4.07. The first kappa shape index (κ1) is 24.2. The van der Waals surface area contributed by atoms with Gasteiger partial charge in [0.15, 0.2) is 0 Å². The monoisotopic (exact) mass is 552 g/mol. The van der Waals surface area contributed by atoms with Gasteiger partial charge in [-0.05, 0) is 82.6 Å². The Balaban J connectivity index is 1.24. The second-order valence-electron chi connectivity index (χ2n) is 11.5. The molecule has 0 radical (unpaired) electrons. The summed E-state index contributed by atoms with van der Waals surface area (Å²) in [5.41, 5.74) is 6.38. The highest BCUT2D eigenvalue weighted by molar-refractivity contribution is 7.21. The Morgan fingerprint density at radius 3 is 2.29 bits per heavy atom. The summed E-state index contributed by atoms with van der Waals surface area (Å²) < 4.78 is 20.3. The molecule has 41 heavy (non-hydrogen) atoms. The van der Waals surface area contributed by atoms with Crippen molar-refractivity contribution in [2.45, 2.75) is 26.2 Å². The number of thiazole rings is 1. The molecule has 0 unspecified atom stereocenters. The van der Waals surface area contributed by atoms with E-state index in [1.807, 2.05) is 48.5 Å². The summed E-state index contributed by atoms with van der Waals surface area (Å²) in [5.74, 6) is 4.54. The summed E-state index contributed by atoms with van der Waals surface area (Å²) in [7, 11) is 0. The predicted molar refractivity (Wildman–Crippen MR) is 166 cm³/mol. The first-order valence-corrected chi connectivity index (χ1v) is 14.5. The number of benzene rings is 4. The fraction of sp³-hybridized carbons (Fsp3) is 0.118. The predicted octanol–water partition coefficient (Wildman–Crippen LogP) is 7.18. The number of pyridine rings is 1. The Bertz CT molecular complexity index is 1950. The number of hydrogen-bond acceptors (Lipinski definition) is 6. The maximum atomic E-state index is 6.42. The minimum Gasteiger partial charge on any atom is -0.458 e. The van der Waals surface area contributed by atoms with E-state index in [0.717, 1.165) is 55.5 Å². The summed E-state index contributed by atoms with van der Waals surface area (Å²) in [6.45, 7) is 6.47. The van der Waals surface area contributed by atoms with E-state index in [9.17, 15) is 0 Å². The van der Waals surface area contributed by atoms with Crippen LogP contribution >= 0.6 is 11.3 Å². The summed E-state index contributed by atoms with van der Waals surface area (Å²) >= 11 is 1.70. The highest BCUT2D eigenvalue weighted by atomic mass is 32.1. The molecule has 0 N–H and O–H groups in total. The molecule has 0 saturated heterocycles. The van der Waals surface area contributed by atoms with Gasteiger partial charge in [0, 0.05) is 23.3 Å². The highest BCUT2D eigenvalue weighted by Crippen LogP contribution is 2.37. The van der Waals surface area contributed by atoms with Crippen LogP contribution < -0.4 is 30.6 Å². The SMILES string of the molecule is CC(C)(C)c1ccnc(Oc2ccc3c(c2)B2c4cc(-c5nc6ccccc6s5)ccc4Oc4cccc(c42)O3)c1. The molecule has 0 spiro atoms. The Morgan fingerprint density at radius 2 is 1.51 bits per heavy atom.